The lowest BCUT2D eigenvalue weighted by molar-refractivity contribution is -0.133. The average Bonchev–Trinajstić information content (AvgIpc) is 2.54. The van der Waals surface area contributed by atoms with Crippen molar-refractivity contribution in [3.8, 4) is 0 Å². The van der Waals surface area contributed by atoms with Crippen LogP contribution in [0, 0.1) is 5.92 Å². The Morgan fingerprint density at radius 1 is 1.19 bits per heavy atom. The summed E-state index contributed by atoms with van der Waals surface area (Å²) in [4.78, 5) is 14.6. The highest BCUT2D eigenvalue weighted by Crippen LogP contribution is 2.24. The van der Waals surface area contributed by atoms with Crippen LogP contribution in [0.25, 0.3) is 0 Å². The maximum atomic E-state index is 12.6. The Labute approximate surface area is 127 Å². The number of amides is 1. The molecular weight excluding hydrogens is 260 g/mol. The van der Waals surface area contributed by atoms with Crippen molar-refractivity contribution in [2.24, 2.45) is 5.92 Å². The second kappa shape index (κ2) is 6.61. The zero-order valence-electron chi connectivity index (χ0n) is 13.0. The second-order valence-electron chi connectivity index (χ2n) is 6.63. The van der Waals surface area contributed by atoms with Crippen LogP contribution in [0.2, 0.25) is 0 Å². The molecule has 21 heavy (non-hydrogen) atoms. The number of carbonyl (C=O) groups is 1. The van der Waals surface area contributed by atoms with Crippen LogP contribution in [0.3, 0.4) is 0 Å². The van der Waals surface area contributed by atoms with E-state index in [4.69, 9.17) is 0 Å². The number of nitrogens with zero attached hydrogens (tertiary/aromatic N) is 1. The number of likely N-dealkylation sites (N-methyl/N-ethyl adjacent to an activating group) is 1. The minimum Gasteiger partial charge on any atom is -0.344 e. The van der Waals surface area contributed by atoms with E-state index in [1.807, 2.05) is 11.9 Å². The number of nitrogens with one attached hydrogen (secondary N) is 1. The molecule has 1 heterocycles. The van der Waals surface area contributed by atoms with Crippen molar-refractivity contribution in [3.63, 3.8) is 0 Å². The van der Waals surface area contributed by atoms with E-state index in [0.717, 1.165) is 19.5 Å². The van der Waals surface area contributed by atoms with Gasteiger partial charge in [0, 0.05) is 20.1 Å². The number of rotatable bonds is 3. The second-order valence-corrected chi connectivity index (χ2v) is 6.63. The first-order valence-electron chi connectivity index (χ1n) is 8.29. The molecule has 114 valence electrons. The smallest absolute Gasteiger partial charge is 0.239 e. The van der Waals surface area contributed by atoms with Gasteiger partial charge in [0.2, 0.25) is 5.91 Å². The molecule has 3 nitrogen and oxygen atoms in total. The lowest BCUT2D eigenvalue weighted by Crippen LogP contribution is -2.49. The predicted molar refractivity (Wildman–Crippen MR) is 85.0 cm³/mol. The highest BCUT2D eigenvalue weighted by Gasteiger charge is 2.27. The molecule has 1 aromatic carbocycles. The minimum absolute atomic E-state index is 0.0477. The van der Waals surface area contributed by atoms with E-state index in [9.17, 15) is 4.79 Å². The van der Waals surface area contributed by atoms with Gasteiger partial charge in [0.25, 0.3) is 0 Å². The molecule has 1 fully saturated rings. The summed E-state index contributed by atoms with van der Waals surface area (Å²) in [5.41, 5.74) is 2.65. The van der Waals surface area contributed by atoms with Crippen molar-refractivity contribution >= 4 is 5.91 Å². The van der Waals surface area contributed by atoms with Gasteiger partial charge in [-0.15, -0.1) is 0 Å². The summed E-state index contributed by atoms with van der Waals surface area (Å²) in [6.07, 6.45) is 7.44. The molecule has 2 aliphatic rings. The Morgan fingerprint density at radius 2 is 1.90 bits per heavy atom. The Kier molecular flexibility index (Phi) is 4.59. The molecule has 1 atom stereocenters. The van der Waals surface area contributed by atoms with Crippen LogP contribution in [0.15, 0.2) is 24.3 Å². The van der Waals surface area contributed by atoms with E-state index in [-0.39, 0.29) is 11.9 Å². The Morgan fingerprint density at radius 3 is 2.67 bits per heavy atom. The summed E-state index contributed by atoms with van der Waals surface area (Å²) >= 11 is 0. The summed E-state index contributed by atoms with van der Waals surface area (Å²) in [5, 5.41) is 3.40. The third kappa shape index (κ3) is 3.46. The fourth-order valence-corrected chi connectivity index (χ4v) is 3.74. The Hall–Kier alpha value is -1.35. The molecule has 0 aromatic heterocycles. The van der Waals surface area contributed by atoms with Crippen molar-refractivity contribution in [1.82, 2.24) is 10.2 Å². The summed E-state index contributed by atoms with van der Waals surface area (Å²) in [6.45, 7) is 1.74. The quantitative estimate of drug-likeness (QED) is 0.926. The molecule has 1 unspecified atom stereocenters. The average molecular weight is 286 g/mol. The first-order chi connectivity index (χ1) is 10.2. The number of fused-ring (bicyclic) bond motifs is 1. The van der Waals surface area contributed by atoms with E-state index in [0.29, 0.717) is 5.92 Å². The molecular formula is C18H26N2O. The molecule has 3 heteroatoms. The molecule has 3 rings (SSSR count). The molecule has 1 amide bonds. The predicted octanol–water partition coefficient (Wildman–Crippen LogP) is 2.74. The van der Waals surface area contributed by atoms with Gasteiger partial charge in [-0.2, -0.15) is 0 Å². The Bertz CT molecular complexity index is 494. The zero-order valence-corrected chi connectivity index (χ0v) is 13.0. The molecule has 0 bridgehead atoms. The molecule has 0 saturated heterocycles. The van der Waals surface area contributed by atoms with Gasteiger partial charge >= 0.3 is 0 Å². The van der Waals surface area contributed by atoms with Crippen LogP contribution in [0.4, 0.5) is 0 Å². The number of hydrogen-bond acceptors (Lipinski definition) is 2. The molecule has 1 aliphatic carbocycles. The summed E-state index contributed by atoms with van der Waals surface area (Å²) in [6, 6.07) is 8.38. The van der Waals surface area contributed by atoms with Gasteiger partial charge in [0.1, 0.15) is 0 Å². The number of hydrogen-bond donors (Lipinski definition) is 1. The third-order valence-electron chi connectivity index (χ3n) is 5.01. The molecule has 1 aromatic rings. The topological polar surface area (TPSA) is 32.3 Å². The highest BCUT2D eigenvalue weighted by molar-refractivity contribution is 5.82. The first kappa shape index (κ1) is 14.6. The van der Waals surface area contributed by atoms with Gasteiger partial charge in [0.05, 0.1) is 6.04 Å². The fourth-order valence-electron chi connectivity index (χ4n) is 3.74. The lowest BCUT2D eigenvalue weighted by Gasteiger charge is -2.32. The van der Waals surface area contributed by atoms with Crippen molar-refractivity contribution in [2.45, 2.75) is 51.1 Å². The molecule has 0 spiro atoms. The van der Waals surface area contributed by atoms with E-state index < -0.39 is 0 Å². The largest absolute Gasteiger partial charge is 0.344 e. The summed E-state index contributed by atoms with van der Waals surface area (Å²) in [7, 11) is 1.97. The van der Waals surface area contributed by atoms with Crippen LogP contribution >= 0.6 is 0 Å². The van der Waals surface area contributed by atoms with Crippen LogP contribution in [0.5, 0.6) is 0 Å². The van der Waals surface area contributed by atoms with E-state index >= 15 is 0 Å². The number of carbonyl (C=O) groups excluding carboxylic acids is 1. The summed E-state index contributed by atoms with van der Waals surface area (Å²) in [5.74, 6) is 0.971. The lowest BCUT2D eigenvalue weighted by atomic mass is 9.88. The van der Waals surface area contributed by atoms with Crippen LogP contribution in [-0.4, -0.2) is 30.4 Å². The van der Waals surface area contributed by atoms with Crippen LogP contribution in [0.1, 0.15) is 43.2 Å². The van der Waals surface area contributed by atoms with E-state index in [2.05, 4.69) is 29.6 Å². The van der Waals surface area contributed by atoms with E-state index in [1.165, 1.54) is 43.2 Å². The minimum atomic E-state index is -0.0477. The summed E-state index contributed by atoms with van der Waals surface area (Å²) < 4.78 is 0. The van der Waals surface area contributed by atoms with Gasteiger partial charge in [-0.25, -0.2) is 0 Å². The van der Waals surface area contributed by atoms with Crippen molar-refractivity contribution in [3.05, 3.63) is 35.4 Å². The van der Waals surface area contributed by atoms with Crippen molar-refractivity contribution in [2.75, 3.05) is 13.6 Å². The van der Waals surface area contributed by atoms with Gasteiger partial charge in [-0.05, 0) is 36.3 Å². The van der Waals surface area contributed by atoms with Crippen LogP contribution < -0.4 is 5.32 Å². The normalized spacial score (nSPS) is 22.6. The van der Waals surface area contributed by atoms with Gasteiger partial charge in [-0.3, -0.25) is 4.79 Å². The van der Waals surface area contributed by atoms with Crippen molar-refractivity contribution < 1.29 is 4.79 Å². The molecule has 1 N–H and O–H groups in total. The fraction of sp³-hybridized carbons (Fsp3) is 0.611. The monoisotopic (exact) mass is 286 g/mol. The standard InChI is InChI=1S/C18H26N2O/c1-20(13-14-7-3-2-4-8-14)18(21)17-11-15-9-5-6-10-16(15)12-19-17/h5-6,9-10,14,17,19H,2-4,7-8,11-13H2,1H3. The van der Waals surface area contributed by atoms with Crippen molar-refractivity contribution in [1.29, 1.82) is 0 Å². The maximum Gasteiger partial charge on any atom is 0.239 e. The zero-order chi connectivity index (χ0) is 14.7. The van der Waals surface area contributed by atoms with E-state index in [1.54, 1.807) is 0 Å². The number of benzene rings is 1. The maximum absolute atomic E-state index is 12.6. The molecule has 1 aliphatic heterocycles. The third-order valence-corrected chi connectivity index (χ3v) is 5.01. The highest BCUT2D eigenvalue weighted by atomic mass is 16.2. The SMILES string of the molecule is CN(CC1CCCCC1)C(=O)C1Cc2ccccc2CN1. The van der Waals surface area contributed by atoms with Crippen LogP contribution in [-0.2, 0) is 17.8 Å². The molecule has 0 radical (unpaired) electrons. The van der Waals surface area contributed by atoms with Gasteiger partial charge in [-0.1, -0.05) is 43.5 Å². The first-order valence-corrected chi connectivity index (χ1v) is 8.29. The molecule has 1 saturated carbocycles. The van der Waals surface area contributed by atoms with Gasteiger partial charge in [0.15, 0.2) is 0 Å². The van der Waals surface area contributed by atoms with Gasteiger partial charge < -0.3 is 10.2 Å². The Balaban J connectivity index is 1.58.